The normalized spacial score (nSPS) is 11.1. The number of rotatable bonds is 2. The lowest BCUT2D eigenvalue weighted by atomic mass is 10.5. The molecule has 0 aliphatic rings. The van der Waals surface area contributed by atoms with Crippen LogP contribution >= 0.6 is 23.5 Å². The molecule has 0 fully saturated rings. The zero-order valence-electron chi connectivity index (χ0n) is 8.57. The van der Waals surface area contributed by atoms with Gasteiger partial charge in [-0.2, -0.15) is 4.98 Å². The molecule has 0 radical (unpaired) electrons. The molecule has 0 amide bonds. The average Bonchev–Trinajstić information content (AvgIpc) is 2.68. The first-order valence-corrected chi connectivity index (χ1v) is 6.67. The number of nitrogens with zero attached hydrogens (tertiary/aromatic N) is 3. The number of H-pyrrole nitrogens is 1. The second-order valence-electron chi connectivity index (χ2n) is 2.91. The van der Waals surface area contributed by atoms with E-state index in [1.807, 2.05) is 24.1 Å². The van der Waals surface area contributed by atoms with E-state index >= 15 is 0 Å². The van der Waals surface area contributed by atoms with E-state index < -0.39 is 0 Å². The summed E-state index contributed by atoms with van der Waals surface area (Å²) in [6, 6.07) is 0. The van der Waals surface area contributed by atoms with E-state index in [1.165, 1.54) is 23.5 Å². The quantitative estimate of drug-likeness (QED) is 0.631. The highest BCUT2D eigenvalue weighted by molar-refractivity contribution is 7.98. The Morgan fingerprint density at radius 2 is 2.00 bits per heavy atom. The van der Waals surface area contributed by atoms with Crippen molar-refractivity contribution in [2.45, 2.75) is 10.3 Å². The molecule has 0 aliphatic carbocycles. The zero-order chi connectivity index (χ0) is 11.0. The molecular weight excluding hydrogens is 232 g/mol. The minimum absolute atomic E-state index is 0.250. The summed E-state index contributed by atoms with van der Waals surface area (Å²) in [5, 5.41) is 1.41. The van der Waals surface area contributed by atoms with Gasteiger partial charge in [0.25, 0.3) is 5.56 Å². The number of aromatic nitrogens is 4. The van der Waals surface area contributed by atoms with Gasteiger partial charge in [0, 0.05) is 7.05 Å². The van der Waals surface area contributed by atoms with E-state index in [9.17, 15) is 4.79 Å². The van der Waals surface area contributed by atoms with Gasteiger partial charge >= 0.3 is 0 Å². The SMILES string of the molecule is CSc1nc2c([nH]1)c(=O)nc(SC)n2C. The Kier molecular flexibility index (Phi) is 2.74. The van der Waals surface area contributed by atoms with Gasteiger partial charge in [-0.25, -0.2) is 4.98 Å². The fraction of sp³-hybridized carbons (Fsp3) is 0.375. The van der Waals surface area contributed by atoms with Crippen LogP contribution in [0.1, 0.15) is 0 Å². The topological polar surface area (TPSA) is 63.6 Å². The van der Waals surface area contributed by atoms with Gasteiger partial charge in [0.2, 0.25) is 0 Å². The standard InChI is InChI=1S/C8H10N4OS2/c1-12-5-4(9-7(10-5)14-2)6(13)11-8(12)15-3/h1-3H3,(H,9,10). The molecule has 0 saturated carbocycles. The van der Waals surface area contributed by atoms with Crippen LogP contribution in [0.5, 0.6) is 0 Å². The Labute approximate surface area is 94.7 Å². The van der Waals surface area contributed by atoms with Crippen LogP contribution < -0.4 is 5.56 Å². The van der Waals surface area contributed by atoms with E-state index in [-0.39, 0.29) is 5.56 Å². The number of fused-ring (bicyclic) bond motifs is 1. The molecule has 2 heterocycles. The summed E-state index contributed by atoms with van der Waals surface area (Å²) in [6.07, 6.45) is 3.79. The van der Waals surface area contributed by atoms with Crippen molar-refractivity contribution >= 4 is 34.7 Å². The number of imidazole rings is 1. The molecule has 80 valence electrons. The second kappa shape index (κ2) is 3.90. The Hall–Kier alpha value is -0.950. The lowest BCUT2D eigenvalue weighted by molar-refractivity contribution is 0.757. The maximum atomic E-state index is 11.6. The molecule has 0 unspecified atom stereocenters. The molecule has 7 heteroatoms. The third kappa shape index (κ3) is 1.65. The van der Waals surface area contributed by atoms with Crippen molar-refractivity contribution in [2.75, 3.05) is 12.5 Å². The van der Waals surface area contributed by atoms with Crippen LogP contribution in [0.25, 0.3) is 11.2 Å². The van der Waals surface area contributed by atoms with Crippen molar-refractivity contribution in [1.82, 2.24) is 19.5 Å². The third-order valence-electron chi connectivity index (χ3n) is 2.05. The van der Waals surface area contributed by atoms with Crippen molar-refractivity contribution in [2.24, 2.45) is 7.05 Å². The highest BCUT2D eigenvalue weighted by Gasteiger charge is 2.11. The first-order valence-electron chi connectivity index (χ1n) is 4.22. The van der Waals surface area contributed by atoms with Crippen LogP contribution in [0, 0.1) is 0 Å². The average molecular weight is 242 g/mol. The molecule has 5 nitrogen and oxygen atoms in total. The van der Waals surface area contributed by atoms with E-state index in [1.54, 1.807) is 0 Å². The van der Waals surface area contributed by atoms with Crippen LogP contribution in [-0.4, -0.2) is 32.0 Å². The Balaban J connectivity index is 2.84. The van der Waals surface area contributed by atoms with Gasteiger partial charge < -0.3 is 9.55 Å². The Morgan fingerprint density at radius 3 is 2.60 bits per heavy atom. The Bertz CT molecular complexity index is 560. The highest BCUT2D eigenvalue weighted by Crippen LogP contribution is 2.17. The van der Waals surface area contributed by atoms with Crippen molar-refractivity contribution in [3.63, 3.8) is 0 Å². The molecule has 2 aromatic heterocycles. The molecule has 1 N–H and O–H groups in total. The van der Waals surface area contributed by atoms with Crippen molar-refractivity contribution in [3.8, 4) is 0 Å². The van der Waals surface area contributed by atoms with Gasteiger partial charge in [0.15, 0.2) is 21.5 Å². The van der Waals surface area contributed by atoms with E-state index in [0.29, 0.717) is 16.3 Å². The van der Waals surface area contributed by atoms with Crippen LogP contribution in [0.15, 0.2) is 15.1 Å². The largest absolute Gasteiger partial charge is 0.327 e. The summed E-state index contributed by atoms with van der Waals surface area (Å²) in [5.74, 6) is 0. The molecule has 0 atom stereocenters. The first-order chi connectivity index (χ1) is 7.17. The predicted octanol–water partition coefficient (Wildman–Crippen LogP) is 1.10. The summed E-state index contributed by atoms with van der Waals surface area (Å²) in [7, 11) is 1.85. The van der Waals surface area contributed by atoms with Crippen LogP contribution in [0.3, 0.4) is 0 Å². The van der Waals surface area contributed by atoms with Crippen LogP contribution in [-0.2, 0) is 7.05 Å². The zero-order valence-corrected chi connectivity index (χ0v) is 10.2. The maximum absolute atomic E-state index is 11.6. The number of nitrogens with one attached hydrogen (secondary N) is 1. The summed E-state index contributed by atoms with van der Waals surface area (Å²) in [6.45, 7) is 0. The van der Waals surface area contributed by atoms with Crippen molar-refractivity contribution in [3.05, 3.63) is 10.4 Å². The number of aromatic amines is 1. The second-order valence-corrected chi connectivity index (χ2v) is 4.48. The molecule has 0 bridgehead atoms. The molecule has 2 rings (SSSR count). The molecule has 0 aliphatic heterocycles. The lowest BCUT2D eigenvalue weighted by Gasteiger charge is -2.03. The van der Waals surface area contributed by atoms with Gasteiger partial charge in [0.1, 0.15) is 0 Å². The smallest absolute Gasteiger partial charge is 0.299 e. The summed E-state index contributed by atoms with van der Waals surface area (Å²) < 4.78 is 1.82. The third-order valence-corrected chi connectivity index (χ3v) is 3.36. The fourth-order valence-corrected chi connectivity index (χ4v) is 2.24. The molecular formula is C8H10N4OS2. The number of aryl methyl sites for hydroxylation is 1. The van der Waals surface area contributed by atoms with E-state index in [0.717, 1.165) is 5.16 Å². The maximum Gasteiger partial charge on any atom is 0.299 e. The van der Waals surface area contributed by atoms with Crippen molar-refractivity contribution in [1.29, 1.82) is 0 Å². The predicted molar refractivity (Wildman–Crippen MR) is 62.7 cm³/mol. The molecule has 15 heavy (non-hydrogen) atoms. The molecule has 0 spiro atoms. The minimum atomic E-state index is -0.250. The first kappa shape index (κ1) is 10.6. The summed E-state index contributed by atoms with van der Waals surface area (Å²) >= 11 is 2.90. The lowest BCUT2D eigenvalue weighted by Crippen LogP contribution is -2.13. The van der Waals surface area contributed by atoms with E-state index in [2.05, 4.69) is 15.0 Å². The van der Waals surface area contributed by atoms with Gasteiger partial charge in [0.05, 0.1) is 0 Å². The molecule has 0 saturated heterocycles. The number of thioether (sulfide) groups is 2. The summed E-state index contributed by atoms with van der Waals surface area (Å²) in [5.41, 5.74) is 0.878. The van der Waals surface area contributed by atoms with Crippen molar-refractivity contribution < 1.29 is 0 Å². The molecule has 0 aromatic carbocycles. The highest BCUT2D eigenvalue weighted by atomic mass is 32.2. The van der Waals surface area contributed by atoms with E-state index in [4.69, 9.17) is 0 Å². The molecule has 2 aromatic rings. The minimum Gasteiger partial charge on any atom is -0.327 e. The fourth-order valence-electron chi connectivity index (χ4n) is 1.32. The van der Waals surface area contributed by atoms with Gasteiger partial charge in [-0.1, -0.05) is 23.5 Å². The van der Waals surface area contributed by atoms with Gasteiger partial charge in [-0.3, -0.25) is 4.79 Å². The van der Waals surface area contributed by atoms with Crippen LogP contribution in [0.4, 0.5) is 0 Å². The Morgan fingerprint density at radius 1 is 1.27 bits per heavy atom. The monoisotopic (exact) mass is 242 g/mol. The van der Waals surface area contributed by atoms with Gasteiger partial charge in [-0.15, -0.1) is 0 Å². The number of hydrogen-bond acceptors (Lipinski definition) is 5. The van der Waals surface area contributed by atoms with Crippen LogP contribution in [0.2, 0.25) is 0 Å². The number of hydrogen-bond donors (Lipinski definition) is 1. The summed E-state index contributed by atoms with van der Waals surface area (Å²) in [4.78, 5) is 22.8. The van der Waals surface area contributed by atoms with Gasteiger partial charge in [-0.05, 0) is 12.5 Å².